The second-order valence-electron chi connectivity index (χ2n) is 12.9. The zero-order chi connectivity index (χ0) is 29.4. The molecule has 2 aromatic rings. The highest BCUT2D eigenvalue weighted by Crippen LogP contribution is 2.51. The molecule has 4 rings (SSSR count). The van der Waals surface area contributed by atoms with Crippen LogP contribution >= 0.6 is 23.2 Å². The van der Waals surface area contributed by atoms with Crippen molar-refractivity contribution in [2.45, 2.75) is 85.0 Å². The van der Waals surface area contributed by atoms with Crippen LogP contribution in [0, 0.1) is 22.7 Å². The molecule has 8 heteroatoms. The van der Waals surface area contributed by atoms with Gasteiger partial charge in [0.05, 0.1) is 35.7 Å². The van der Waals surface area contributed by atoms with Crippen LogP contribution in [0.1, 0.15) is 77.3 Å². The molecule has 2 aliphatic carbocycles. The Morgan fingerprint density at radius 3 is 1.88 bits per heavy atom. The van der Waals surface area contributed by atoms with Crippen LogP contribution in [0.2, 0.25) is 10.0 Å². The third kappa shape index (κ3) is 6.84. The van der Waals surface area contributed by atoms with E-state index in [2.05, 4.69) is 0 Å². The van der Waals surface area contributed by atoms with Gasteiger partial charge < -0.3 is 19.7 Å². The summed E-state index contributed by atoms with van der Waals surface area (Å²) in [5.74, 6) is -1.99. The van der Waals surface area contributed by atoms with Gasteiger partial charge in [0.15, 0.2) is 11.5 Å². The summed E-state index contributed by atoms with van der Waals surface area (Å²) in [4.78, 5) is 27.2. The van der Waals surface area contributed by atoms with Crippen molar-refractivity contribution in [3.63, 3.8) is 0 Å². The SMILES string of the molecule is CCOc1cc(C([C@@H]2C(=O)CC(C)(C)C[C@H]2O)[C@@H]2C(=O)CC(C)(C)C[C@@H]2O)cc(Cl)c1OCc1ccc(Cl)cc1. The molecule has 0 bridgehead atoms. The summed E-state index contributed by atoms with van der Waals surface area (Å²) in [6.45, 7) is 10.2. The molecule has 218 valence electrons. The fourth-order valence-electron chi connectivity index (χ4n) is 6.58. The lowest BCUT2D eigenvalue weighted by Gasteiger charge is -2.46. The number of ketones is 2. The number of ether oxygens (including phenoxy) is 2. The van der Waals surface area contributed by atoms with Crippen molar-refractivity contribution in [3.8, 4) is 11.5 Å². The Morgan fingerprint density at radius 2 is 1.40 bits per heavy atom. The Balaban J connectivity index is 1.77. The lowest BCUT2D eigenvalue weighted by atomic mass is 9.58. The van der Waals surface area contributed by atoms with Gasteiger partial charge >= 0.3 is 0 Å². The second kappa shape index (κ2) is 12.0. The van der Waals surface area contributed by atoms with Crippen molar-refractivity contribution >= 4 is 34.8 Å². The molecule has 6 nitrogen and oxygen atoms in total. The predicted molar refractivity (Wildman–Crippen MR) is 156 cm³/mol. The highest BCUT2D eigenvalue weighted by Gasteiger charge is 2.52. The Morgan fingerprint density at radius 1 is 0.875 bits per heavy atom. The van der Waals surface area contributed by atoms with Crippen LogP contribution in [0.25, 0.3) is 0 Å². The maximum Gasteiger partial charge on any atom is 0.180 e. The number of aliphatic hydroxyl groups is 2. The van der Waals surface area contributed by atoms with Gasteiger partial charge in [-0.1, -0.05) is 63.0 Å². The number of halogens is 2. The summed E-state index contributed by atoms with van der Waals surface area (Å²) in [6, 6.07) is 10.7. The Hall–Kier alpha value is -2.12. The van der Waals surface area contributed by atoms with E-state index in [0.29, 0.717) is 41.5 Å². The van der Waals surface area contributed by atoms with E-state index in [1.54, 1.807) is 24.3 Å². The quantitative estimate of drug-likeness (QED) is 0.351. The monoisotopic (exact) mass is 590 g/mol. The van der Waals surface area contributed by atoms with E-state index in [9.17, 15) is 19.8 Å². The smallest absolute Gasteiger partial charge is 0.180 e. The van der Waals surface area contributed by atoms with Crippen molar-refractivity contribution < 1.29 is 29.3 Å². The average Bonchev–Trinajstić information content (AvgIpc) is 2.81. The lowest BCUT2D eigenvalue weighted by Crippen LogP contribution is -2.51. The highest BCUT2D eigenvalue weighted by atomic mass is 35.5. The average molecular weight is 592 g/mol. The number of Topliss-reactive ketones (excluding diaryl/α,β-unsaturated/α-hetero) is 2. The molecule has 0 aromatic heterocycles. The van der Waals surface area contributed by atoms with Crippen molar-refractivity contribution in [2.75, 3.05) is 6.61 Å². The van der Waals surface area contributed by atoms with Crippen LogP contribution in [0.3, 0.4) is 0 Å². The maximum absolute atomic E-state index is 13.6. The Kier molecular flexibility index (Phi) is 9.26. The molecule has 0 aliphatic heterocycles. The van der Waals surface area contributed by atoms with E-state index in [4.69, 9.17) is 32.7 Å². The molecular formula is C32H40Cl2O6. The minimum Gasteiger partial charge on any atom is -0.490 e. The van der Waals surface area contributed by atoms with E-state index in [1.807, 2.05) is 46.8 Å². The normalized spacial score (nSPS) is 26.8. The molecule has 0 saturated heterocycles. The van der Waals surface area contributed by atoms with Gasteiger partial charge in [-0.15, -0.1) is 0 Å². The third-order valence-electron chi connectivity index (χ3n) is 8.19. The third-order valence-corrected chi connectivity index (χ3v) is 8.72. The number of hydrogen-bond acceptors (Lipinski definition) is 6. The van der Waals surface area contributed by atoms with E-state index >= 15 is 0 Å². The number of carbonyl (C=O) groups is 2. The largest absolute Gasteiger partial charge is 0.490 e. The van der Waals surface area contributed by atoms with Gasteiger partial charge in [-0.05, 0) is 66.0 Å². The molecule has 2 aliphatic rings. The highest BCUT2D eigenvalue weighted by molar-refractivity contribution is 6.32. The molecule has 2 aromatic carbocycles. The van der Waals surface area contributed by atoms with Crippen molar-refractivity contribution in [3.05, 3.63) is 57.6 Å². The van der Waals surface area contributed by atoms with Crippen LogP contribution in [0.4, 0.5) is 0 Å². The first-order chi connectivity index (χ1) is 18.7. The van der Waals surface area contributed by atoms with E-state index in [0.717, 1.165) is 5.56 Å². The van der Waals surface area contributed by atoms with Gasteiger partial charge in [0, 0.05) is 23.8 Å². The van der Waals surface area contributed by atoms with Gasteiger partial charge in [0.1, 0.15) is 18.2 Å². The summed E-state index contributed by atoms with van der Waals surface area (Å²) in [6.07, 6.45) is -0.546. The molecule has 1 unspecified atom stereocenters. The summed E-state index contributed by atoms with van der Waals surface area (Å²) < 4.78 is 12.0. The molecule has 2 fully saturated rings. The minimum absolute atomic E-state index is 0.115. The fraction of sp³-hybridized carbons (Fsp3) is 0.562. The molecule has 2 N–H and O–H groups in total. The lowest BCUT2D eigenvalue weighted by molar-refractivity contribution is -0.144. The first-order valence-corrected chi connectivity index (χ1v) is 14.7. The van der Waals surface area contributed by atoms with Crippen LogP contribution in [-0.2, 0) is 16.2 Å². The zero-order valence-corrected chi connectivity index (χ0v) is 25.4. The van der Waals surface area contributed by atoms with Gasteiger partial charge in [-0.3, -0.25) is 9.59 Å². The number of aliphatic hydroxyl groups excluding tert-OH is 2. The summed E-state index contributed by atoms with van der Waals surface area (Å²) in [5, 5.41) is 23.5. The summed E-state index contributed by atoms with van der Waals surface area (Å²) in [5.41, 5.74) is 0.744. The topological polar surface area (TPSA) is 93.1 Å². The number of carbonyl (C=O) groups excluding carboxylic acids is 2. The van der Waals surface area contributed by atoms with Crippen LogP contribution < -0.4 is 9.47 Å². The van der Waals surface area contributed by atoms with E-state index < -0.39 is 30.0 Å². The molecular weight excluding hydrogens is 551 g/mol. The molecule has 0 heterocycles. The molecule has 2 saturated carbocycles. The number of hydrogen-bond donors (Lipinski definition) is 2. The first-order valence-electron chi connectivity index (χ1n) is 14.0. The molecule has 40 heavy (non-hydrogen) atoms. The maximum atomic E-state index is 13.6. The van der Waals surface area contributed by atoms with Gasteiger partial charge in [0.25, 0.3) is 0 Å². The number of benzene rings is 2. The van der Waals surface area contributed by atoms with E-state index in [-0.39, 0.29) is 46.9 Å². The van der Waals surface area contributed by atoms with E-state index in [1.165, 1.54) is 0 Å². The van der Waals surface area contributed by atoms with Crippen molar-refractivity contribution in [1.82, 2.24) is 0 Å². The predicted octanol–water partition coefficient (Wildman–Crippen LogP) is 6.79. The standard InChI is InChI=1S/C32H40Cl2O6/c1-6-39-26-12-19(11-21(34)30(26)40-17-18-7-9-20(33)10-8-18)27(28-22(35)13-31(2,3)14-23(28)36)29-24(37)15-32(4,5)16-25(29)38/h7-12,22,24,27-29,35,37H,6,13-17H2,1-5H3/t22-,24+,27?,28-,29-/m0/s1. The van der Waals surface area contributed by atoms with Crippen LogP contribution in [0.5, 0.6) is 11.5 Å². The van der Waals surface area contributed by atoms with Crippen LogP contribution in [0.15, 0.2) is 36.4 Å². The Labute approximate surface area is 247 Å². The zero-order valence-electron chi connectivity index (χ0n) is 23.9. The molecule has 5 atom stereocenters. The second-order valence-corrected chi connectivity index (χ2v) is 13.8. The molecule has 0 amide bonds. The first kappa shape index (κ1) is 30.8. The molecule has 0 spiro atoms. The Bertz CT molecular complexity index is 1200. The minimum atomic E-state index is -0.966. The summed E-state index contributed by atoms with van der Waals surface area (Å²) in [7, 11) is 0. The van der Waals surface area contributed by atoms with Crippen LogP contribution in [-0.4, -0.2) is 40.6 Å². The van der Waals surface area contributed by atoms with Gasteiger partial charge in [0.2, 0.25) is 0 Å². The number of rotatable bonds is 8. The van der Waals surface area contributed by atoms with Gasteiger partial charge in [-0.25, -0.2) is 0 Å². The van der Waals surface area contributed by atoms with Gasteiger partial charge in [-0.2, -0.15) is 0 Å². The van der Waals surface area contributed by atoms with Crippen molar-refractivity contribution in [1.29, 1.82) is 0 Å². The fourth-order valence-corrected chi connectivity index (χ4v) is 6.98. The summed E-state index contributed by atoms with van der Waals surface area (Å²) >= 11 is 12.8. The molecule has 0 radical (unpaired) electrons. The van der Waals surface area contributed by atoms with Crippen molar-refractivity contribution in [2.24, 2.45) is 22.7 Å².